The molecule has 0 saturated heterocycles. The van der Waals surface area contributed by atoms with Crippen molar-refractivity contribution in [1.82, 2.24) is 0 Å². The zero-order chi connectivity index (χ0) is 9.19. The summed E-state index contributed by atoms with van der Waals surface area (Å²) in [6.45, 7) is 11.0. The Morgan fingerprint density at radius 3 is 2.75 bits per heavy atom. The van der Waals surface area contributed by atoms with E-state index >= 15 is 0 Å². The Morgan fingerprint density at radius 1 is 1.58 bits per heavy atom. The highest BCUT2D eigenvalue weighted by molar-refractivity contribution is 4.95. The number of rotatable bonds is 1. The van der Waals surface area contributed by atoms with E-state index in [1.54, 1.807) is 0 Å². The lowest BCUT2D eigenvalue weighted by Gasteiger charge is -2.35. The van der Waals surface area contributed by atoms with E-state index in [1.807, 2.05) is 13.8 Å². The fraction of sp³-hybridized carbons (Fsp3) is 0.900. The van der Waals surface area contributed by atoms with Crippen LogP contribution in [0.15, 0.2) is 0 Å². The van der Waals surface area contributed by atoms with Gasteiger partial charge in [-0.2, -0.15) is 0 Å². The zero-order valence-corrected chi connectivity index (χ0v) is 7.88. The Hall–Kier alpha value is -0.550. The summed E-state index contributed by atoms with van der Waals surface area (Å²) in [7, 11) is 0. The Bertz CT molecular complexity index is 195. The van der Waals surface area contributed by atoms with E-state index in [-0.39, 0.29) is 12.0 Å². The molecule has 2 heteroatoms. The molecule has 1 saturated carbocycles. The molecule has 68 valence electrons. The molecule has 0 spiro atoms. The lowest BCUT2D eigenvalue weighted by Crippen LogP contribution is -2.41. The van der Waals surface area contributed by atoms with Crippen LogP contribution in [0.5, 0.6) is 0 Å². The van der Waals surface area contributed by atoms with Gasteiger partial charge in [-0.15, -0.1) is 0 Å². The molecule has 0 radical (unpaired) electrons. The largest absolute Gasteiger partial charge is 0.389 e. The van der Waals surface area contributed by atoms with Crippen LogP contribution in [-0.4, -0.2) is 16.7 Å². The third kappa shape index (κ3) is 1.78. The second kappa shape index (κ2) is 3.45. The molecule has 1 aliphatic rings. The van der Waals surface area contributed by atoms with E-state index in [0.717, 1.165) is 19.3 Å². The van der Waals surface area contributed by atoms with Crippen LogP contribution < -0.4 is 0 Å². The van der Waals surface area contributed by atoms with Gasteiger partial charge in [0.2, 0.25) is 6.04 Å². The van der Waals surface area contributed by atoms with Gasteiger partial charge < -0.3 is 9.95 Å². The van der Waals surface area contributed by atoms with Crippen LogP contribution in [0.2, 0.25) is 0 Å². The van der Waals surface area contributed by atoms with Gasteiger partial charge in [-0.05, 0) is 18.8 Å². The summed E-state index contributed by atoms with van der Waals surface area (Å²) in [6.07, 6.45) is 3.52. The molecule has 1 fully saturated rings. The Balaban J connectivity index is 2.62. The topological polar surface area (TPSA) is 24.6 Å². The molecule has 0 heterocycles. The van der Waals surface area contributed by atoms with Crippen molar-refractivity contribution in [2.75, 3.05) is 0 Å². The van der Waals surface area contributed by atoms with Gasteiger partial charge in [-0.1, -0.05) is 13.8 Å². The first kappa shape index (κ1) is 9.54. The molecule has 1 aliphatic carbocycles. The van der Waals surface area contributed by atoms with E-state index in [0.29, 0.717) is 6.42 Å². The van der Waals surface area contributed by atoms with Crippen molar-refractivity contribution in [3.8, 4) is 0 Å². The first-order valence-electron chi connectivity index (χ1n) is 4.67. The smallest absolute Gasteiger partial charge is 0.226 e. The molecule has 0 aromatic rings. The minimum absolute atomic E-state index is 0.0612. The van der Waals surface area contributed by atoms with Crippen LogP contribution >= 0.6 is 0 Å². The first-order valence-corrected chi connectivity index (χ1v) is 4.67. The van der Waals surface area contributed by atoms with E-state index in [2.05, 4.69) is 4.85 Å². The molecule has 2 atom stereocenters. The first-order chi connectivity index (χ1) is 5.58. The Kier molecular flexibility index (Phi) is 2.74. The van der Waals surface area contributed by atoms with Crippen LogP contribution in [-0.2, 0) is 0 Å². The van der Waals surface area contributed by atoms with Crippen molar-refractivity contribution >= 4 is 0 Å². The summed E-state index contributed by atoms with van der Waals surface area (Å²) in [6, 6.07) is 0.0612. The van der Waals surface area contributed by atoms with Gasteiger partial charge >= 0.3 is 0 Å². The van der Waals surface area contributed by atoms with Crippen LogP contribution in [0.4, 0.5) is 0 Å². The number of nitrogens with zero attached hydrogens (tertiary/aromatic N) is 1. The molecule has 12 heavy (non-hydrogen) atoms. The lowest BCUT2D eigenvalue weighted by atomic mass is 9.75. The highest BCUT2D eigenvalue weighted by atomic mass is 16.3. The lowest BCUT2D eigenvalue weighted by molar-refractivity contribution is -0.0386. The second-order valence-electron chi connectivity index (χ2n) is 4.14. The van der Waals surface area contributed by atoms with E-state index in [1.165, 1.54) is 0 Å². The normalized spacial score (nSPS) is 36.4. The molecule has 2 nitrogen and oxygen atoms in total. The molecule has 0 bridgehead atoms. The molecule has 2 unspecified atom stereocenters. The quantitative estimate of drug-likeness (QED) is 0.595. The van der Waals surface area contributed by atoms with Crippen molar-refractivity contribution in [3.63, 3.8) is 0 Å². The third-order valence-corrected chi connectivity index (χ3v) is 2.99. The summed E-state index contributed by atoms with van der Waals surface area (Å²) in [5.41, 5.74) is -0.562. The van der Waals surface area contributed by atoms with Gasteiger partial charge in [-0.25, -0.2) is 6.57 Å². The van der Waals surface area contributed by atoms with Gasteiger partial charge in [-0.3, -0.25) is 0 Å². The fourth-order valence-electron chi connectivity index (χ4n) is 1.89. The maximum Gasteiger partial charge on any atom is 0.226 e. The van der Waals surface area contributed by atoms with Crippen molar-refractivity contribution in [3.05, 3.63) is 11.4 Å². The maximum atomic E-state index is 10.1. The van der Waals surface area contributed by atoms with Crippen molar-refractivity contribution in [2.45, 2.75) is 51.2 Å². The molecule has 1 N–H and O–H groups in total. The minimum atomic E-state index is -0.562. The predicted molar refractivity (Wildman–Crippen MR) is 48.6 cm³/mol. The Labute approximate surface area is 74.4 Å². The number of hydrogen-bond acceptors (Lipinski definition) is 1. The van der Waals surface area contributed by atoms with Gasteiger partial charge in [0.05, 0.1) is 12.0 Å². The van der Waals surface area contributed by atoms with Crippen LogP contribution in [0.3, 0.4) is 0 Å². The van der Waals surface area contributed by atoms with E-state index < -0.39 is 5.60 Å². The summed E-state index contributed by atoms with van der Waals surface area (Å²) < 4.78 is 0. The second-order valence-corrected chi connectivity index (χ2v) is 4.14. The average Bonchev–Trinajstić information content (AvgIpc) is 2.04. The zero-order valence-electron chi connectivity index (χ0n) is 7.88. The number of aliphatic hydroxyl groups is 1. The van der Waals surface area contributed by atoms with Crippen molar-refractivity contribution in [2.24, 2.45) is 5.92 Å². The van der Waals surface area contributed by atoms with E-state index in [9.17, 15) is 5.11 Å². The van der Waals surface area contributed by atoms with Crippen molar-refractivity contribution < 1.29 is 5.11 Å². The Morgan fingerprint density at radius 2 is 2.25 bits per heavy atom. The minimum Gasteiger partial charge on any atom is -0.389 e. The fourth-order valence-corrected chi connectivity index (χ4v) is 1.89. The third-order valence-electron chi connectivity index (χ3n) is 2.99. The maximum absolute atomic E-state index is 10.1. The molecular formula is C10H17NO. The summed E-state index contributed by atoms with van der Waals surface area (Å²) in [5.74, 6) is 0.280. The van der Waals surface area contributed by atoms with Crippen LogP contribution in [0.25, 0.3) is 4.85 Å². The van der Waals surface area contributed by atoms with Gasteiger partial charge in [0.15, 0.2) is 0 Å². The predicted octanol–water partition coefficient (Wildman–Crippen LogP) is 2.24. The summed E-state index contributed by atoms with van der Waals surface area (Å²) in [4.78, 5) is 3.52. The standard InChI is InChI=1S/C10H17NO/c1-8(2)10(12)6-4-5-9(7-10)11-3/h8-9,12H,4-7H2,1-2H3. The molecule has 0 aromatic carbocycles. The molecule has 0 aromatic heterocycles. The highest BCUT2D eigenvalue weighted by Crippen LogP contribution is 2.35. The van der Waals surface area contributed by atoms with Crippen molar-refractivity contribution in [1.29, 1.82) is 0 Å². The summed E-state index contributed by atoms with van der Waals surface area (Å²) >= 11 is 0. The van der Waals surface area contributed by atoms with Crippen LogP contribution in [0.1, 0.15) is 39.5 Å². The number of hydrogen-bond donors (Lipinski definition) is 1. The molecule has 0 amide bonds. The van der Waals surface area contributed by atoms with Gasteiger partial charge in [0, 0.05) is 6.42 Å². The SMILES string of the molecule is [C-]#[N+]C1CCCC(O)(C(C)C)C1. The van der Waals surface area contributed by atoms with Crippen LogP contribution in [0, 0.1) is 12.5 Å². The van der Waals surface area contributed by atoms with Gasteiger partial charge in [0.25, 0.3) is 0 Å². The highest BCUT2D eigenvalue weighted by Gasteiger charge is 2.39. The monoisotopic (exact) mass is 167 g/mol. The molecule has 1 rings (SSSR count). The molecular weight excluding hydrogens is 150 g/mol. The summed E-state index contributed by atoms with van der Waals surface area (Å²) in [5, 5.41) is 10.1. The molecule has 0 aliphatic heterocycles. The van der Waals surface area contributed by atoms with E-state index in [4.69, 9.17) is 6.57 Å². The average molecular weight is 167 g/mol. The van der Waals surface area contributed by atoms with Gasteiger partial charge in [0.1, 0.15) is 0 Å².